The first-order valence-corrected chi connectivity index (χ1v) is 13.4. The number of methoxy groups -OCH3 is 1. The highest BCUT2D eigenvalue weighted by atomic mass is 19.1. The Hall–Kier alpha value is -5.34. The van der Waals surface area contributed by atoms with E-state index in [1.807, 2.05) is 6.07 Å². The summed E-state index contributed by atoms with van der Waals surface area (Å²) < 4.78 is 64.6. The van der Waals surface area contributed by atoms with Crippen molar-refractivity contribution in [2.75, 3.05) is 13.7 Å². The topological polar surface area (TPSA) is 107 Å². The molecular formula is C33H26F3N3O5. The lowest BCUT2D eigenvalue weighted by Gasteiger charge is -2.13. The third-order valence-corrected chi connectivity index (χ3v) is 7.15. The maximum atomic E-state index is 15.7. The molecule has 0 amide bonds. The number of carboxylic acid groups (broad SMARTS) is 1. The van der Waals surface area contributed by atoms with Gasteiger partial charge in [0.15, 0.2) is 11.5 Å². The average Bonchev–Trinajstić information content (AvgIpc) is 3.59. The molecule has 1 aliphatic heterocycles. The van der Waals surface area contributed by atoms with Gasteiger partial charge in [0, 0.05) is 31.2 Å². The molecular weight excluding hydrogens is 575 g/mol. The number of fused-ring (bicyclic) bond motifs is 1. The predicted octanol–water partition coefficient (Wildman–Crippen LogP) is 6.81. The van der Waals surface area contributed by atoms with Crippen molar-refractivity contribution in [1.82, 2.24) is 9.55 Å². The van der Waals surface area contributed by atoms with E-state index in [-0.39, 0.29) is 57.9 Å². The Morgan fingerprint density at radius 3 is 2.59 bits per heavy atom. The maximum Gasteiger partial charge on any atom is 0.335 e. The van der Waals surface area contributed by atoms with Gasteiger partial charge in [-0.1, -0.05) is 12.7 Å². The van der Waals surface area contributed by atoms with E-state index in [1.165, 1.54) is 37.5 Å². The smallest absolute Gasteiger partial charge is 0.335 e. The van der Waals surface area contributed by atoms with Gasteiger partial charge in [-0.3, -0.25) is 0 Å². The zero-order valence-corrected chi connectivity index (χ0v) is 23.7. The molecule has 1 fully saturated rings. The Bertz CT molecular complexity index is 1900. The quantitative estimate of drug-likeness (QED) is 0.225. The second-order valence-corrected chi connectivity index (χ2v) is 9.80. The van der Waals surface area contributed by atoms with Gasteiger partial charge in [0.05, 0.1) is 40.4 Å². The number of carboxylic acids is 1. The largest absolute Gasteiger partial charge is 0.478 e. The summed E-state index contributed by atoms with van der Waals surface area (Å²) in [7, 11) is 1.52. The number of nitriles is 1. The number of aromatic nitrogens is 2. The zero-order valence-electron chi connectivity index (χ0n) is 23.7. The molecule has 8 nitrogen and oxygen atoms in total. The van der Waals surface area contributed by atoms with Crippen molar-refractivity contribution in [2.45, 2.75) is 26.2 Å². The van der Waals surface area contributed by atoms with Crippen molar-refractivity contribution in [3.8, 4) is 6.07 Å². The molecule has 2 heterocycles. The molecule has 0 aliphatic carbocycles. The Labute approximate surface area is 250 Å². The fraction of sp³-hybridized carbons (Fsp3) is 0.182. The van der Waals surface area contributed by atoms with Gasteiger partial charge >= 0.3 is 5.97 Å². The van der Waals surface area contributed by atoms with Crippen LogP contribution in [0.4, 0.5) is 13.2 Å². The van der Waals surface area contributed by atoms with Crippen LogP contribution in [0.25, 0.3) is 16.6 Å². The van der Waals surface area contributed by atoms with Gasteiger partial charge in [-0.05, 0) is 67.1 Å². The minimum Gasteiger partial charge on any atom is -0.478 e. The van der Waals surface area contributed by atoms with Gasteiger partial charge < -0.3 is 23.9 Å². The number of halogens is 3. The van der Waals surface area contributed by atoms with E-state index < -0.39 is 29.7 Å². The zero-order chi connectivity index (χ0) is 31.5. The number of rotatable bonds is 9. The third kappa shape index (κ3) is 5.67. The lowest BCUT2D eigenvalue weighted by atomic mass is 9.99. The Morgan fingerprint density at radius 1 is 1.14 bits per heavy atom. The van der Waals surface area contributed by atoms with E-state index in [9.17, 15) is 14.3 Å². The molecule has 1 saturated heterocycles. The molecule has 0 bridgehead atoms. The van der Waals surface area contributed by atoms with Crippen molar-refractivity contribution in [1.29, 1.82) is 5.26 Å². The summed E-state index contributed by atoms with van der Waals surface area (Å²) in [4.78, 5) is 16.1. The minimum absolute atomic E-state index is 0.0134. The van der Waals surface area contributed by atoms with Crippen molar-refractivity contribution in [2.24, 2.45) is 0 Å². The number of nitrogens with zero attached hydrogens (tertiary/aromatic N) is 3. The first-order valence-electron chi connectivity index (χ1n) is 13.4. The summed E-state index contributed by atoms with van der Waals surface area (Å²) in [5, 5.41) is 18.5. The normalized spacial score (nSPS) is 16.5. The molecule has 44 heavy (non-hydrogen) atoms. The van der Waals surface area contributed by atoms with Crippen LogP contribution in [0.15, 0.2) is 78.8 Å². The van der Waals surface area contributed by atoms with Gasteiger partial charge in [-0.25, -0.2) is 22.9 Å². The molecule has 224 valence electrons. The SMILES string of the molecule is C=C/C(=C1/OC(c2ccc(C#N)cc2F)O/C1=C/C)c1cc(F)c(Cc2nc3ccc(C(=O)O)cc3n2CCOC)cc1F. The lowest BCUT2D eigenvalue weighted by molar-refractivity contribution is -0.0218. The Kier molecular flexibility index (Phi) is 8.55. The summed E-state index contributed by atoms with van der Waals surface area (Å²) in [5.41, 5.74) is 1.19. The summed E-state index contributed by atoms with van der Waals surface area (Å²) in [6, 6.07) is 12.2. The number of allylic oxidation sites excluding steroid dienone is 3. The number of benzene rings is 3. The fourth-order valence-corrected chi connectivity index (χ4v) is 4.97. The van der Waals surface area contributed by atoms with Crippen molar-refractivity contribution in [3.05, 3.63) is 130 Å². The Balaban J connectivity index is 1.51. The summed E-state index contributed by atoms with van der Waals surface area (Å²) in [6.07, 6.45) is 1.52. The van der Waals surface area contributed by atoms with Gasteiger partial charge in [0.1, 0.15) is 23.3 Å². The molecule has 1 aromatic heterocycles. The van der Waals surface area contributed by atoms with Crippen molar-refractivity contribution < 1.29 is 37.3 Å². The van der Waals surface area contributed by atoms with E-state index in [2.05, 4.69) is 11.6 Å². The molecule has 0 saturated carbocycles. The van der Waals surface area contributed by atoms with Crippen molar-refractivity contribution >= 4 is 22.6 Å². The summed E-state index contributed by atoms with van der Waals surface area (Å²) in [5.74, 6) is -2.72. The first kappa shape index (κ1) is 30.1. The maximum absolute atomic E-state index is 15.7. The van der Waals surface area contributed by atoms with E-state index in [0.717, 1.165) is 18.2 Å². The molecule has 1 N–H and O–H groups in total. The molecule has 11 heteroatoms. The number of imidazole rings is 1. The average molecular weight is 602 g/mol. The fourth-order valence-electron chi connectivity index (χ4n) is 4.97. The molecule has 3 aromatic carbocycles. The highest BCUT2D eigenvalue weighted by Crippen LogP contribution is 2.42. The number of hydrogen-bond donors (Lipinski definition) is 1. The third-order valence-electron chi connectivity index (χ3n) is 7.15. The second-order valence-electron chi connectivity index (χ2n) is 9.80. The van der Waals surface area contributed by atoms with Gasteiger partial charge in [0.25, 0.3) is 6.29 Å². The van der Waals surface area contributed by atoms with E-state index in [0.29, 0.717) is 23.4 Å². The van der Waals surface area contributed by atoms with Crippen LogP contribution < -0.4 is 0 Å². The van der Waals surface area contributed by atoms with Crippen LogP contribution in [0.2, 0.25) is 0 Å². The number of hydrogen-bond acceptors (Lipinski definition) is 6. The molecule has 0 radical (unpaired) electrons. The van der Waals surface area contributed by atoms with Crippen LogP contribution in [0.5, 0.6) is 0 Å². The number of carbonyl (C=O) groups is 1. The molecule has 4 aromatic rings. The van der Waals surface area contributed by atoms with Crippen LogP contribution in [0.1, 0.15) is 51.6 Å². The number of ether oxygens (including phenoxy) is 3. The highest BCUT2D eigenvalue weighted by molar-refractivity contribution is 5.92. The molecule has 5 rings (SSSR count). The summed E-state index contributed by atoms with van der Waals surface area (Å²) in [6.45, 7) is 5.98. The standard InChI is InChI=1S/C33H26F3N3O5/c1-4-21(31-29(5-2)43-33(44-31)22-8-6-18(17-37)12-25(22)35)23-16-24(34)20(13-26(23)36)15-30-38-27-9-7-19(32(40)41)14-28(27)39(30)10-11-42-3/h4-9,12-14,16,33H,1,10-11,15H2,2-3H3,(H,40,41)/b29-5+,31-21-. The Morgan fingerprint density at radius 2 is 1.93 bits per heavy atom. The van der Waals surface area contributed by atoms with Crippen LogP contribution in [0.3, 0.4) is 0 Å². The number of aromatic carboxylic acids is 1. The second kappa shape index (κ2) is 12.5. The molecule has 1 atom stereocenters. The lowest BCUT2D eigenvalue weighted by Crippen LogP contribution is -2.10. The minimum atomic E-state index is -1.23. The van der Waals surface area contributed by atoms with Gasteiger partial charge in [0.2, 0.25) is 0 Å². The first-order chi connectivity index (χ1) is 21.2. The van der Waals surface area contributed by atoms with Crippen LogP contribution in [-0.4, -0.2) is 34.3 Å². The van der Waals surface area contributed by atoms with E-state index >= 15 is 8.78 Å². The van der Waals surface area contributed by atoms with Crippen molar-refractivity contribution in [3.63, 3.8) is 0 Å². The molecule has 0 spiro atoms. The molecule has 1 aliphatic rings. The van der Waals surface area contributed by atoms with Crippen LogP contribution in [0, 0.1) is 28.8 Å². The predicted molar refractivity (Wildman–Crippen MR) is 155 cm³/mol. The van der Waals surface area contributed by atoms with Gasteiger partial charge in [-0.2, -0.15) is 5.26 Å². The molecule has 1 unspecified atom stereocenters. The highest BCUT2D eigenvalue weighted by Gasteiger charge is 2.33. The monoisotopic (exact) mass is 601 g/mol. The van der Waals surface area contributed by atoms with E-state index in [1.54, 1.807) is 23.6 Å². The van der Waals surface area contributed by atoms with Crippen LogP contribution in [-0.2, 0) is 27.2 Å². The van der Waals surface area contributed by atoms with Gasteiger partial charge in [-0.15, -0.1) is 0 Å². The summed E-state index contributed by atoms with van der Waals surface area (Å²) >= 11 is 0. The van der Waals surface area contributed by atoms with Crippen LogP contribution >= 0.6 is 0 Å². The van der Waals surface area contributed by atoms with E-state index in [4.69, 9.17) is 19.5 Å².